The maximum Gasteiger partial charge on any atom is 0.255 e. The van der Waals surface area contributed by atoms with Crippen molar-refractivity contribution in [1.29, 1.82) is 0 Å². The predicted molar refractivity (Wildman–Crippen MR) is 145 cm³/mol. The lowest BCUT2D eigenvalue weighted by molar-refractivity contribution is 0.0858. The Hall–Kier alpha value is -3.40. The van der Waals surface area contributed by atoms with Gasteiger partial charge in [-0.2, -0.15) is 0 Å². The van der Waals surface area contributed by atoms with Crippen LogP contribution < -0.4 is 14.9 Å². The van der Waals surface area contributed by atoms with Gasteiger partial charge in [-0.3, -0.25) is 13.9 Å². The van der Waals surface area contributed by atoms with E-state index in [0.29, 0.717) is 46.2 Å². The summed E-state index contributed by atoms with van der Waals surface area (Å²) in [6.45, 7) is 1.20. The molecular formula is C27H28ClN3O5S. The van der Waals surface area contributed by atoms with Gasteiger partial charge in [0.1, 0.15) is 0 Å². The first kappa shape index (κ1) is 26.7. The summed E-state index contributed by atoms with van der Waals surface area (Å²) in [5, 5.41) is 6.10. The molecule has 1 saturated heterocycles. The van der Waals surface area contributed by atoms with E-state index in [1.54, 1.807) is 72.8 Å². The van der Waals surface area contributed by atoms with Crippen LogP contribution in [-0.2, 0) is 21.3 Å². The smallest absolute Gasteiger partial charge is 0.255 e. The van der Waals surface area contributed by atoms with Crippen LogP contribution in [-0.4, -0.2) is 45.7 Å². The minimum Gasteiger partial charge on any atom is -0.376 e. The number of hydrogen-bond donors (Lipinski definition) is 2. The lowest BCUT2D eigenvalue weighted by Gasteiger charge is -2.23. The molecule has 2 amide bonds. The van der Waals surface area contributed by atoms with E-state index in [2.05, 4.69) is 10.6 Å². The fourth-order valence-electron chi connectivity index (χ4n) is 4.05. The molecule has 4 rings (SSSR count). The summed E-state index contributed by atoms with van der Waals surface area (Å²) in [7, 11) is -3.57. The van der Waals surface area contributed by atoms with Crippen molar-refractivity contribution >= 4 is 44.8 Å². The molecule has 8 nitrogen and oxygen atoms in total. The number of halogens is 1. The van der Waals surface area contributed by atoms with Crippen molar-refractivity contribution in [3.63, 3.8) is 0 Å². The molecule has 10 heteroatoms. The normalized spacial score (nSPS) is 15.2. The van der Waals surface area contributed by atoms with Gasteiger partial charge in [0.2, 0.25) is 10.0 Å². The van der Waals surface area contributed by atoms with E-state index in [9.17, 15) is 18.0 Å². The third-order valence-electron chi connectivity index (χ3n) is 5.97. The number of hydrogen-bond acceptors (Lipinski definition) is 5. The molecule has 0 radical (unpaired) electrons. The Morgan fingerprint density at radius 1 is 1.03 bits per heavy atom. The van der Waals surface area contributed by atoms with Crippen molar-refractivity contribution in [2.24, 2.45) is 0 Å². The minimum absolute atomic E-state index is 0.0155. The van der Waals surface area contributed by atoms with Gasteiger partial charge in [-0.25, -0.2) is 8.42 Å². The van der Waals surface area contributed by atoms with Crippen molar-refractivity contribution in [3.8, 4) is 0 Å². The van der Waals surface area contributed by atoms with Gasteiger partial charge in [-0.1, -0.05) is 41.9 Å². The lowest BCUT2D eigenvalue weighted by atomic mass is 10.1. The third kappa shape index (κ3) is 7.09. The molecule has 1 atom stereocenters. The number of ether oxygens (including phenoxy) is 1. The summed E-state index contributed by atoms with van der Waals surface area (Å²) in [4.78, 5) is 25.7. The predicted octanol–water partition coefficient (Wildman–Crippen LogP) is 4.47. The Balaban J connectivity index is 1.44. The fourth-order valence-corrected chi connectivity index (χ4v) is 5.11. The van der Waals surface area contributed by atoms with Gasteiger partial charge in [0, 0.05) is 23.7 Å². The van der Waals surface area contributed by atoms with Crippen molar-refractivity contribution < 1.29 is 22.7 Å². The summed E-state index contributed by atoms with van der Waals surface area (Å²) >= 11 is 6.05. The Morgan fingerprint density at radius 3 is 2.46 bits per heavy atom. The molecule has 0 aliphatic carbocycles. The van der Waals surface area contributed by atoms with Gasteiger partial charge >= 0.3 is 0 Å². The second-order valence-corrected chi connectivity index (χ2v) is 11.1. The first-order valence-corrected chi connectivity index (χ1v) is 14.1. The summed E-state index contributed by atoms with van der Waals surface area (Å²) in [5.41, 5.74) is 2.26. The van der Waals surface area contributed by atoms with Gasteiger partial charge in [0.05, 0.1) is 35.8 Å². The van der Waals surface area contributed by atoms with Gasteiger partial charge in [-0.15, -0.1) is 0 Å². The van der Waals surface area contributed by atoms with Gasteiger partial charge in [0.15, 0.2) is 0 Å². The zero-order valence-electron chi connectivity index (χ0n) is 20.3. The second-order valence-electron chi connectivity index (χ2n) is 8.79. The van der Waals surface area contributed by atoms with Crippen LogP contribution in [0.5, 0.6) is 0 Å². The molecule has 0 aromatic heterocycles. The SMILES string of the molecule is CS(=O)(=O)N(Cc1ccc(C(=O)Nc2ccccc2C(=O)NC[C@H]2CCCO2)cc1)c1cccc(Cl)c1. The van der Waals surface area contributed by atoms with Gasteiger partial charge in [-0.05, 0) is 60.9 Å². The largest absolute Gasteiger partial charge is 0.376 e. The highest BCUT2D eigenvalue weighted by molar-refractivity contribution is 7.92. The molecule has 1 heterocycles. The van der Waals surface area contributed by atoms with E-state index in [1.165, 1.54) is 4.31 Å². The fraction of sp³-hybridized carbons (Fsp3) is 0.259. The number of amides is 2. The number of benzene rings is 3. The van der Waals surface area contributed by atoms with Crippen molar-refractivity contribution in [3.05, 3.63) is 94.5 Å². The molecule has 1 aliphatic rings. The molecule has 0 unspecified atom stereocenters. The molecule has 1 fully saturated rings. The molecule has 0 spiro atoms. The van der Waals surface area contributed by atoms with E-state index in [1.807, 2.05) is 0 Å². The number of nitrogens with zero attached hydrogens (tertiary/aromatic N) is 1. The summed E-state index contributed by atoms with van der Waals surface area (Å²) in [6, 6.07) is 20.0. The maximum absolute atomic E-state index is 12.9. The highest BCUT2D eigenvalue weighted by atomic mass is 35.5. The average molecular weight is 542 g/mol. The standard InChI is InChI=1S/C27H28ClN3O5S/c1-37(34,35)31(22-7-4-6-21(28)16-22)18-19-11-13-20(14-12-19)26(32)30-25-10-3-2-9-24(25)27(33)29-17-23-8-5-15-36-23/h2-4,6-7,9-14,16,23H,5,8,15,17-18H2,1H3,(H,29,33)(H,30,32)/t23-/m1/s1. The van der Waals surface area contributed by atoms with Crippen molar-refractivity contribution in [2.45, 2.75) is 25.5 Å². The van der Waals surface area contributed by atoms with Gasteiger partial charge < -0.3 is 15.4 Å². The van der Waals surface area contributed by atoms with Crippen molar-refractivity contribution in [1.82, 2.24) is 5.32 Å². The molecular weight excluding hydrogens is 514 g/mol. The van der Waals surface area contributed by atoms with E-state index >= 15 is 0 Å². The number of carbonyl (C=O) groups is 2. The van der Waals surface area contributed by atoms with Crippen LogP contribution in [0, 0.1) is 0 Å². The Morgan fingerprint density at radius 2 is 1.78 bits per heavy atom. The van der Waals surface area contributed by atoms with E-state index < -0.39 is 10.0 Å². The van der Waals surface area contributed by atoms with Crippen molar-refractivity contribution in [2.75, 3.05) is 29.0 Å². The molecule has 3 aromatic carbocycles. The number of nitrogens with one attached hydrogen (secondary N) is 2. The Bertz CT molecular complexity index is 1370. The molecule has 37 heavy (non-hydrogen) atoms. The quantitative estimate of drug-likeness (QED) is 0.416. The van der Waals surface area contributed by atoms with Crippen LogP contribution in [0.25, 0.3) is 0 Å². The first-order valence-electron chi connectivity index (χ1n) is 11.8. The number of rotatable bonds is 9. The van der Waals surface area contributed by atoms with Crippen LogP contribution in [0.15, 0.2) is 72.8 Å². The van der Waals surface area contributed by atoms with Crippen LogP contribution in [0.1, 0.15) is 39.1 Å². The zero-order valence-corrected chi connectivity index (χ0v) is 21.9. The Kier molecular flexibility index (Phi) is 8.48. The van der Waals surface area contributed by atoms with E-state index in [0.717, 1.165) is 19.1 Å². The first-order chi connectivity index (χ1) is 17.7. The van der Waals surface area contributed by atoms with Crippen LogP contribution in [0.4, 0.5) is 11.4 Å². The van der Waals surface area contributed by atoms with E-state index in [4.69, 9.17) is 16.3 Å². The molecule has 0 saturated carbocycles. The molecule has 3 aromatic rings. The van der Waals surface area contributed by atoms with E-state index in [-0.39, 0.29) is 24.5 Å². The minimum atomic E-state index is -3.57. The lowest BCUT2D eigenvalue weighted by Crippen LogP contribution is -2.32. The molecule has 1 aliphatic heterocycles. The number of sulfonamides is 1. The number of para-hydroxylation sites is 1. The monoisotopic (exact) mass is 541 g/mol. The summed E-state index contributed by atoms with van der Waals surface area (Å²) < 4.78 is 31.6. The van der Waals surface area contributed by atoms with Crippen LogP contribution >= 0.6 is 11.6 Å². The second kappa shape index (κ2) is 11.8. The molecule has 0 bridgehead atoms. The van der Waals surface area contributed by atoms with Crippen LogP contribution in [0.3, 0.4) is 0 Å². The highest BCUT2D eigenvalue weighted by Gasteiger charge is 2.20. The highest BCUT2D eigenvalue weighted by Crippen LogP contribution is 2.24. The third-order valence-corrected chi connectivity index (χ3v) is 7.35. The molecule has 194 valence electrons. The Labute approximate surface area is 221 Å². The zero-order chi connectivity index (χ0) is 26.4. The maximum atomic E-state index is 12.9. The average Bonchev–Trinajstić information content (AvgIpc) is 3.39. The summed E-state index contributed by atoms with van der Waals surface area (Å²) in [5.74, 6) is -0.677. The molecule has 2 N–H and O–H groups in total. The van der Waals surface area contributed by atoms with Crippen LogP contribution in [0.2, 0.25) is 5.02 Å². The topological polar surface area (TPSA) is 105 Å². The number of carbonyl (C=O) groups excluding carboxylic acids is 2. The number of anilines is 2. The van der Waals surface area contributed by atoms with Gasteiger partial charge in [0.25, 0.3) is 11.8 Å². The summed E-state index contributed by atoms with van der Waals surface area (Å²) in [6.07, 6.45) is 3.04.